The first-order valence-corrected chi connectivity index (χ1v) is 3.44. The first kappa shape index (κ1) is 9.15. The van der Waals surface area contributed by atoms with Crippen LogP contribution in [-0.2, 0) is 4.79 Å². The normalized spacial score (nSPS) is 13.6. The van der Waals surface area contributed by atoms with Gasteiger partial charge in [-0.1, -0.05) is 12.2 Å². The van der Waals surface area contributed by atoms with E-state index in [1.807, 2.05) is 39.8 Å². The van der Waals surface area contributed by atoms with Gasteiger partial charge in [-0.05, 0) is 38.8 Å². The molecule has 0 N–H and O–H groups in total. The first-order valence-electron chi connectivity index (χ1n) is 3.44. The van der Waals surface area contributed by atoms with Crippen LogP contribution in [0.3, 0.4) is 0 Å². The molecule has 0 aromatic rings. The molecule has 1 heteroatoms. The lowest BCUT2D eigenvalue weighted by Gasteiger charge is -1.97. The van der Waals surface area contributed by atoms with E-state index < -0.39 is 0 Å². The highest BCUT2D eigenvalue weighted by molar-refractivity contribution is 6.07. The highest BCUT2D eigenvalue weighted by Crippen LogP contribution is 2.03. The van der Waals surface area contributed by atoms with Crippen molar-refractivity contribution in [3.05, 3.63) is 23.3 Å². The molecule has 0 aromatic heterocycles. The van der Waals surface area contributed by atoms with Crippen LogP contribution in [0, 0.1) is 0 Å². The van der Waals surface area contributed by atoms with Crippen molar-refractivity contribution >= 4 is 5.78 Å². The van der Waals surface area contributed by atoms with E-state index in [0.717, 1.165) is 11.1 Å². The lowest BCUT2D eigenvalue weighted by Crippen LogP contribution is -1.99. The van der Waals surface area contributed by atoms with E-state index in [-0.39, 0.29) is 5.78 Å². The van der Waals surface area contributed by atoms with E-state index in [0.29, 0.717) is 0 Å². The Bertz CT molecular complexity index is 165. The standard InChI is InChI=1S/C9H14O/c1-5-7(3)9(10)8(4)6-2/h5-6H,1-4H3/b7-5-,8-6-. The number of ketones is 1. The number of carbonyl (C=O) groups excluding carboxylic acids is 1. The van der Waals surface area contributed by atoms with Gasteiger partial charge in [0.2, 0.25) is 0 Å². The molecule has 1 nitrogen and oxygen atoms in total. The highest BCUT2D eigenvalue weighted by atomic mass is 16.1. The quantitative estimate of drug-likeness (QED) is 0.536. The smallest absolute Gasteiger partial charge is 0.183 e. The zero-order valence-corrected chi connectivity index (χ0v) is 7.06. The largest absolute Gasteiger partial charge is 0.289 e. The molecule has 0 fully saturated rings. The first-order chi connectivity index (χ1) is 4.63. The van der Waals surface area contributed by atoms with E-state index in [4.69, 9.17) is 0 Å². The maximum absolute atomic E-state index is 11.2. The summed E-state index contributed by atoms with van der Waals surface area (Å²) >= 11 is 0. The minimum atomic E-state index is 0.144. The Morgan fingerprint density at radius 2 is 1.30 bits per heavy atom. The maximum atomic E-state index is 11.2. The Labute approximate surface area is 62.4 Å². The maximum Gasteiger partial charge on any atom is 0.183 e. The van der Waals surface area contributed by atoms with Gasteiger partial charge in [0.15, 0.2) is 5.78 Å². The van der Waals surface area contributed by atoms with Crippen LogP contribution in [0.2, 0.25) is 0 Å². The second-order valence-corrected chi connectivity index (χ2v) is 2.27. The predicted octanol–water partition coefficient (Wildman–Crippen LogP) is 2.49. The third kappa shape index (κ3) is 2.18. The Morgan fingerprint density at radius 1 is 1.00 bits per heavy atom. The topological polar surface area (TPSA) is 17.1 Å². The van der Waals surface area contributed by atoms with Gasteiger partial charge in [-0.2, -0.15) is 0 Å². The minimum Gasteiger partial charge on any atom is -0.289 e. The fraction of sp³-hybridized carbons (Fsp3) is 0.444. The molecule has 0 aromatic carbocycles. The van der Waals surface area contributed by atoms with E-state index in [9.17, 15) is 4.79 Å². The summed E-state index contributed by atoms with van der Waals surface area (Å²) in [7, 11) is 0. The fourth-order valence-electron chi connectivity index (χ4n) is 0.573. The molecule has 10 heavy (non-hydrogen) atoms. The average molecular weight is 138 g/mol. The Balaban J connectivity index is 4.39. The minimum absolute atomic E-state index is 0.144. The summed E-state index contributed by atoms with van der Waals surface area (Å²) in [4.78, 5) is 11.2. The number of rotatable bonds is 2. The highest BCUT2D eigenvalue weighted by Gasteiger charge is 2.03. The summed E-state index contributed by atoms with van der Waals surface area (Å²) in [5.41, 5.74) is 1.63. The van der Waals surface area contributed by atoms with Crippen LogP contribution in [0.15, 0.2) is 23.3 Å². The van der Waals surface area contributed by atoms with E-state index >= 15 is 0 Å². The van der Waals surface area contributed by atoms with Crippen molar-refractivity contribution in [1.29, 1.82) is 0 Å². The van der Waals surface area contributed by atoms with Crippen molar-refractivity contribution in [3.8, 4) is 0 Å². The predicted molar refractivity (Wildman–Crippen MR) is 43.9 cm³/mol. The number of hydrogen-bond donors (Lipinski definition) is 0. The molecule has 0 aliphatic rings. The van der Waals surface area contributed by atoms with Gasteiger partial charge in [0, 0.05) is 0 Å². The summed E-state index contributed by atoms with van der Waals surface area (Å²) in [6.07, 6.45) is 3.66. The molecule has 0 amide bonds. The molecule has 0 spiro atoms. The number of carbonyl (C=O) groups is 1. The zero-order valence-electron chi connectivity index (χ0n) is 7.06. The van der Waals surface area contributed by atoms with Crippen molar-refractivity contribution in [2.75, 3.05) is 0 Å². The van der Waals surface area contributed by atoms with Crippen molar-refractivity contribution in [3.63, 3.8) is 0 Å². The molecular formula is C9H14O. The lowest BCUT2D eigenvalue weighted by molar-refractivity contribution is -0.112. The second kappa shape index (κ2) is 4.04. The molecule has 0 saturated heterocycles. The molecule has 0 atom stereocenters. The van der Waals surface area contributed by atoms with Crippen LogP contribution in [0.5, 0.6) is 0 Å². The molecule has 56 valence electrons. The molecule has 0 aliphatic carbocycles. The molecular weight excluding hydrogens is 124 g/mol. The van der Waals surface area contributed by atoms with Gasteiger partial charge in [-0.3, -0.25) is 4.79 Å². The van der Waals surface area contributed by atoms with Crippen LogP contribution in [0.4, 0.5) is 0 Å². The van der Waals surface area contributed by atoms with Crippen molar-refractivity contribution in [1.82, 2.24) is 0 Å². The average Bonchev–Trinajstić information content (AvgIpc) is 2.00. The van der Waals surface area contributed by atoms with Crippen LogP contribution in [0.25, 0.3) is 0 Å². The third-order valence-electron chi connectivity index (χ3n) is 1.58. The molecule has 0 rings (SSSR count). The molecule has 0 aliphatic heterocycles. The molecule has 0 bridgehead atoms. The van der Waals surface area contributed by atoms with Crippen LogP contribution < -0.4 is 0 Å². The van der Waals surface area contributed by atoms with Gasteiger partial charge in [0.25, 0.3) is 0 Å². The number of hydrogen-bond acceptors (Lipinski definition) is 1. The van der Waals surface area contributed by atoms with Crippen molar-refractivity contribution < 1.29 is 4.79 Å². The number of Topliss-reactive ketones (excluding diaryl/α,β-unsaturated/α-hetero) is 1. The van der Waals surface area contributed by atoms with E-state index in [1.165, 1.54) is 0 Å². The monoisotopic (exact) mass is 138 g/mol. The van der Waals surface area contributed by atoms with Crippen LogP contribution in [-0.4, -0.2) is 5.78 Å². The second-order valence-electron chi connectivity index (χ2n) is 2.27. The van der Waals surface area contributed by atoms with Crippen LogP contribution in [0.1, 0.15) is 27.7 Å². The summed E-state index contributed by atoms with van der Waals surface area (Å²) in [6.45, 7) is 7.40. The Morgan fingerprint density at radius 3 is 1.50 bits per heavy atom. The summed E-state index contributed by atoms with van der Waals surface area (Å²) in [5.74, 6) is 0.144. The third-order valence-corrected chi connectivity index (χ3v) is 1.58. The fourth-order valence-corrected chi connectivity index (χ4v) is 0.573. The molecule has 0 heterocycles. The summed E-state index contributed by atoms with van der Waals surface area (Å²) in [6, 6.07) is 0. The van der Waals surface area contributed by atoms with Gasteiger partial charge >= 0.3 is 0 Å². The van der Waals surface area contributed by atoms with Gasteiger partial charge < -0.3 is 0 Å². The zero-order chi connectivity index (χ0) is 8.15. The van der Waals surface area contributed by atoms with Gasteiger partial charge in [0.1, 0.15) is 0 Å². The van der Waals surface area contributed by atoms with Gasteiger partial charge in [-0.25, -0.2) is 0 Å². The molecule has 0 saturated carbocycles. The Kier molecular flexibility index (Phi) is 3.70. The SMILES string of the molecule is C/C=C(/C)C(=O)/C(C)=C\C. The van der Waals surface area contributed by atoms with Crippen molar-refractivity contribution in [2.45, 2.75) is 27.7 Å². The number of allylic oxidation sites excluding steroid dienone is 4. The van der Waals surface area contributed by atoms with Gasteiger partial charge in [-0.15, -0.1) is 0 Å². The van der Waals surface area contributed by atoms with E-state index in [2.05, 4.69) is 0 Å². The van der Waals surface area contributed by atoms with Crippen LogP contribution >= 0.6 is 0 Å². The summed E-state index contributed by atoms with van der Waals surface area (Å²) in [5, 5.41) is 0. The van der Waals surface area contributed by atoms with E-state index in [1.54, 1.807) is 0 Å². The van der Waals surface area contributed by atoms with Crippen molar-refractivity contribution in [2.24, 2.45) is 0 Å². The molecule has 0 radical (unpaired) electrons. The summed E-state index contributed by atoms with van der Waals surface area (Å²) < 4.78 is 0. The Hall–Kier alpha value is -0.850. The lowest BCUT2D eigenvalue weighted by atomic mass is 10.1. The van der Waals surface area contributed by atoms with Gasteiger partial charge in [0.05, 0.1) is 0 Å². The molecule has 0 unspecified atom stereocenters.